The molecule has 2 N–H and O–H groups in total. The molecule has 74 valence electrons. The molecule has 0 fully saturated rings. The van der Waals surface area contributed by atoms with E-state index >= 15 is 0 Å². The molecular weight excluding hydrogens is 180 g/mol. The number of phenols is 1. The summed E-state index contributed by atoms with van der Waals surface area (Å²) in [5.74, 6) is -0.882. The van der Waals surface area contributed by atoms with Gasteiger partial charge < -0.3 is 10.2 Å². The molecule has 0 aliphatic heterocycles. The Hall–Kier alpha value is -1.77. The van der Waals surface area contributed by atoms with Crippen molar-refractivity contribution in [2.24, 2.45) is 0 Å². The maximum atomic E-state index is 10.3. The fourth-order valence-corrected chi connectivity index (χ4v) is 1.18. The van der Waals surface area contributed by atoms with E-state index in [1.807, 2.05) is 13.0 Å². The van der Waals surface area contributed by atoms with Crippen molar-refractivity contribution in [1.82, 2.24) is 0 Å². The highest BCUT2D eigenvalue weighted by Crippen LogP contribution is 2.26. The summed E-state index contributed by atoms with van der Waals surface area (Å²) in [5.41, 5.74) is 2.15. The van der Waals surface area contributed by atoms with E-state index in [9.17, 15) is 9.90 Å². The number of benzene rings is 1. The van der Waals surface area contributed by atoms with E-state index in [-0.39, 0.29) is 5.75 Å². The summed E-state index contributed by atoms with van der Waals surface area (Å²) in [4.78, 5) is 10.3. The van der Waals surface area contributed by atoms with E-state index in [1.165, 1.54) is 6.08 Å². The number of hydrogen-bond acceptors (Lipinski definition) is 2. The van der Waals surface area contributed by atoms with Gasteiger partial charge >= 0.3 is 5.97 Å². The minimum absolute atomic E-state index is 0.141. The predicted octanol–water partition coefficient (Wildman–Crippen LogP) is 2.11. The zero-order valence-corrected chi connectivity index (χ0v) is 8.11. The van der Waals surface area contributed by atoms with Gasteiger partial charge in [0.25, 0.3) is 0 Å². The fraction of sp³-hybridized carbons (Fsp3) is 0.182. The molecule has 0 saturated carbocycles. The largest absolute Gasteiger partial charge is 0.507 e. The summed E-state index contributed by atoms with van der Waals surface area (Å²) >= 11 is 0. The van der Waals surface area contributed by atoms with Crippen LogP contribution < -0.4 is 0 Å². The van der Waals surface area contributed by atoms with Crippen LogP contribution in [-0.2, 0) is 4.79 Å². The van der Waals surface area contributed by atoms with Crippen LogP contribution in [0.3, 0.4) is 0 Å². The van der Waals surface area contributed by atoms with Gasteiger partial charge in [0.05, 0.1) is 0 Å². The number of hydrogen-bond donors (Lipinski definition) is 2. The van der Waals surface area contributed by atoms with Crippen LogP contribution in [-0.4, -0.2) is 16.2 Å². The number of carbonyl (C=O) groups is 1. The van der Waals surface area contributed by atoms with Gasteiger partial charge in [-0.1, -0.05) is 12.1 Å². The maximum Gasteiger partial charge on any atom is 0.328 e. The highest BCUT2D eigenvalue weighted by atomic mass is 16.4. The molecule has 0 aliphatic rings. The molecule has 1 aromatic rings. The molecule has 1 rings (SSSR count). The quantitative estimate of drug-likeness (QED) is 0.705. The average molecular weight is 192 g/mol. The van der Waals surface area contributed by atoms with Crippen molar-refractivity contribution in [2.75, 3.05) is 0 Å². The van der Waals surface area contributed by atoms with Crippen LogP contribution in [0.1, 0.15) is 16.7 Å². The van der Waals surface area contributed by atoms with Crippen LogP contribution in [0.4, 0.5) is 0 Å². The van der Waals surface area contributed by atoms with Gasteiger partial charge in [0, 0.05) is 11.6 Å². The molecule has 0 amide bonds. The molecule has 0 heterocycles. The van der Waals surface area contributed by atoms with Crippen molar-refractivity contribution in [3.05, 3.63) is 34.9 Å². The van der Waals surface area contributed by atoms with E-state index in [4.69, 9.17) is 5.11 Å². The summed E-state index contributed by atoms with van der Waals surface area (Å²) in [5, 5.41) is 18.1. The van der Waals surface area contributed by atoms with E-state index in [1.54, 1.807) is 13.0 Å². The van der Waals surface area contributed by atoms with E-state index in [2.05, 4.69) is 0 Å². The van der Waals surface area contributed by atoms with Crippen molar-refractivity contribution in [3.8, 4) is 5.75 Å². The number of phenolic OH excluding ortho intramolecular Hbond substituents is 1. The second kappa shape index (κ2) is 3.96. The number of carboxylic acid groups (broad SMARTS) is 1. The lowest BCUT2D eigenvalue weighted by atomic mass is 10.0. The van der Waals surface area contributed by atoms with E-state index in [0.717, 1.165) is 17.2 Å². The molecule has 0 saturated heterocycles. The maximum absolute atomic E-state index is 10.3. The topological polar surface area (TPSA) is 57.5 Å². The minimum atomic E-state index is -1.02. The van der Waals surface area contributed by atoms with E-state index in [0.29, 0.717) is 5.56 Å². The van der Waals surface area contributed by atoms with Crippen LogP contribution in [0.2, 0.25) is 0 Å². The van der Waals surface area contributed by atoms with E-state index < -0.39 is 5.97 Å². The Morgan fingerprint density at radius 3 is 2.43 bits per heavy atom. The molecule has 0 aromatic heterocycles. The first kappa shape index (κ1) is 10.3. The molecular formula is C11H12O3. The average Bonchev–Trinajstić information content (AvgIpc) is 2.11. The normalized spacial score (nSPS) is 10.7. The van der Waals surface area contributed by atoms with Gasteiger partial charge in [-0.15, -0.1) is 0 Å². The third kappa shape index (κ3) is 2.13. The third-order valence-electron chi connectivity index (χ3n) is 2.03. The second-order valence-corrected chi connectivity index (χ2v) is 3.13. The van der Waals surface area contributed by atoms with Gasteiger partial charge in [0.2, 0.25) is 0 Å². The zero-order valence-electron chi connectivity index (χ0n) is 8.11. The number of aromatic hydroxyl groups is 1. The van der Waals surface area contributed by atoms with Crippen molar-refractivity contribution >= 4 is 12.0 Å². The predicted molar refractivity (Wildman–Crippen MR) is 54.3 cm³/mol. The van der Waals surface area contributed by atoms with Crippen molar-refractivity contribution in [3.63, 3.8) is 0 Å². The molecule has 0 atom stereocenters. The van der Waals surface area contributed by atoms with Crippen LogP contribution in [0.5, 0.6) is 5.75 Å². The Morgan fingerprint density at radius 2 is 1.86 bits per heavy atom. The summed E-state index contributed by atoms with van der Waals surface area (Å²) in [6.45, 7) is 3.59. The lowest BCUT2D eigenvalue weighted by molar-refractivity contribution is -0.131. The van der Waals surface area contributed by atoms with Crippen LogP contribution in [0.15, 0.2) is 18.2 Å². The Balaban J connectivity index is 3.19. The lowest BCUT2D eigenvalue weighted by Gasteiger charge is -2.05. The van der Waals surface area contributed by atoms with Crippen LogP contribution >= 0.6 is 0 Å². The molecule has 0 bridgehead atoms. The van der Waals surface area contributed by atoms with Crippen LogP contribution in [0, 0.1) is 13.8 Å². The SMILES string of the molecule is Cc1ccc(C)c(/C=C/C(=O)O)c1O. The fourth-order valence-electron chi connectivity index (χ4n) is 1.18. The summed E-state index contributed by atoms with van der Waals surface area (Å²) in [7, 11) is 0. The van der Waals surface area contributed by atoms with Crippen molar-refractivity contribution in [2.45, 2.75) is 13.8 Å². The van der Waals surface area contributed by atoms with Crippen molar-refractivity contribution in [1.29, 1.82) is 0 Å². The van der Waals surface area contributed by atoms with Gasteiger partial charge in [0.1, 0.15) is 5.75 Å². The minimum Gasteiger partial charge on any atom is -0.507 e. The summed E-state index contributed by atoms with van der Waals surface area (Å²) in [6, 6.07) is 3.64. The Morgan fingerprint density at radius 1 is 1.29 bits per heavy atom. The first-order valence-corrected chi connectivity index (χ1v) is 4.22. The second-order valence-electron chi connectivity index (χ2n) is 3.13. The Labute approximate surface area is 82.3 Å². The first-order valence-electron chi connectivity index (χ1n) is 4.22. The molecule has 0 unspecified atom stereocenters. The standard InChI is InChI=1S/C11H12O3/c1-7-3-4-8(2)11(14)9(7)5-6-10(12)13/h3-6,14H,1-2H3,(H,12,13)/b6-5+. The number of aryl methyl sites for hydroxylation is 2. The summed E-state index contributed by atoms with van der Waals surface area (Å²) in [6.07, 6.45) is 2.42. The Bertz CT molecular complexity index is 392. The molecule has 3 nitrogen and oxygen atoms in total. The molecule has 3 heteroatoms. The third-order valence-corrected chi connectivity index (χ3v) is 2.03. The molecule has 0 aliphatic carbocycles. The highest BCUT2D eigenvalue weighted by molar-refractivity contribution is 5.86. The molecule has 0 spiro atoms. The van der Waals surface area contributed by atoms with Gasteiger partial charge in [-0.05, 0) is 31.1 Å². The molecule has 14 heavy (non-hydrogen) atoms. The zero-order chi connectivity index (χ0) is 10.7. The number of rotatable bonds is 2. The van der Waals surface area contributed by atoms with Gasteiger partial charge in [-0.25, -0.2) is 4.79 Å². The summed E-state index contributed by atoms with van der Waals surface area (Å²) < 4.78 is 0. The smallest absolute Gasteiger partial charge is 0.328 e. The number of aliphatic carboxylic acids is 1. The number of carboxylic acids is 1. The first-order chi connectivity index (χ1) is 6.52. The van der Waals surface area contributed by atoms with Crippen LogP contribution in [0.25, 0.3) is 6.08 Å². The van der Waals surface area contributed by atoms with Gasteiger partial charge in [0.15, 0.2) is 0 Å². The lowest BCUT2D eigenvalue weighted by Crippen LogP contribution is -1.89. The monoisotopic (exact) mass is 192 g/mol. The molecule has 1 aromatic carbocycles. The van der Waals surface area contributed by atoms with Gasteiger partial charge in [-0.2, -0.15) is 0 Å². The molecule has 0 radical (unpaired) electrons. The van der Waals surface area contributed by atoms with Gasteiger partial charge in [-0.3, -0.25) is 0 Å². The Kier molecular flexibility index (Phi) is 2.92. The highest BCUT2D eigenvalue weighted by Gasteiger charge is 2.04. The van der Waals surface area contributed by atoms with Crippen molar-refractivity contribution < 1.29 is 15.0 Å².